The van der Waals surface area contributed by atoms with Crippen molar-refractivity contribution in [2.75, 3.05) is 5.75 Å². The van der Waals surface area contributed by atoms with Gasteiger partial charge in [-0.05, 0) is 43.2 Å². The summed E-state index contributed by atoms with van der Waals surface area (Å²) in [6.45, 7) is 2.06. The number of aromatic amines is 1. The van der Waals surface area contributed by atoms with E-state index in [1.807, 2.05) is 28.5 Å². The number of aryl methyl sites for hydroxylation is 1. The zero-order valence-corrected chi connectivity index (χ0v) is 10.0. The summed E-state index contributed by atoms with van der Waals surface area (Å²) in [5.74, 6) is 1.16. The summed E-state index contributed by atoms with van der Waals surface area (Å²) in [7, 11) is 0. The Hall–Kier alpha value is -1.16. The van der Waals surface area contributed by atoms with Crippen molar-refractivity contribution in [1.29, 1.82) is 0 Å². The molecule has 1 aliphatic rings. The Labute approximate surface area is 97.9 Å². The van der Waals surface area contributed by atoms with E-state index < -0.39 is 0 Å². The molecule has 16 heavy (non-hydrogen) atoms. The van der Waals surface area contributed by atoms with Crippen molar-refractivity contribution in [1.82, 2.24) is 9.55 Å². The molecule has 0 spiro atoms. The number of hydrogen-bond acceptors (Lipinski definition) is 2. The highest BCUT2D eigenvalue weighted by Gasteiger charge is 2.21. The van der Waals surface area contributed by atoms with Crippen LogP contribution in [0.1, 0.15) is 23.8 Å². The van der Waals surface area contributed by atoms with Crippen LogP contribution in [0.25, 0.3) is 11.0 Å². The predicted molar refractivity (Wildman–Crippen MR) is 68.0 cm³/mol. The van der Waals surface area contributed by atoms with Crippen LogP contribution >= 0.6 is 11.8 Å². The quantitative estimate of drug-likeness (QED) is 0.823. The Bertz CT molecular complexity index is 578. The first kappa shape index (κ1) is 10.0. The van der Waals surface area contributed by atoms with Gasteiger partial charge in [0.05, 0.1) is 16.4 Å². The Morgan fingerprint density at radius 1 is 1.50 bits per heavy atom. The fourth-order valence-electron chi connectivity index (χ4n) is 2.28. The van der Waals surface area contributed by atoms with E-state index in [0.717, 1.165) is 23.2 Å². The number of fused-ring (bicyclic) bond motifs is 1. The molecule has 84 valence electrons. The van der Waals surface area contributed by atoms with Gasteiger partial charge in [0.15, 0.2) is 0 Å². The fraction of sp³-hybridized carbons (Fsp3) is 0.417. The van der Waals surface area contributed by atoms with Crippen LogP contribution in [0.5, 0.6) is 0 Å². The molecular formula is C12H14N2OS. The van der Waals surface area contributed by atoms with E-state index in [2.05, 4.69) is 18.0 Å². The van der Waals surface area contributed by atoms with E-state index in [1.54, 1.807) is 0 Å². The number of H-pyrrole nitrogens is 1. The second-order valence-electron chi connectivity index (χ2n) is 4.29. The van der Waals surface area contributed by atoms with Crippen molar-refractivity contribution >= 4 is 22.8 Å². The first-order chi connectivity index (χ1) is 7.75. The highest BCUT2D eigenvalue weighted by molar-refractivity contribution is 7.99. The molecule has 1 N–H and O–H groups in total. The Kier molecular flexibility index (Phi) is 2.32. The summed E-state index contributed by atoms with van der Waals surface area (Å²) in [6.07, 6.45) is 2.31. The molecule has 0 radical (unpaired) electrons. The third-order valence-corrected chi connectivity index (χ3v) is 4.42. The van der Waals surface area contributed by atoms with Gasteiger partial charge >= 0.3 is 5.69 Å². The average molecular weight is 234 g/mol. The SMILES string of the molecule is Cc1ccc2[nH]c(=O)n(C3CCCS3)c2c1. The summed E-state index contributed by atoms with van der Waals surface area (Å²) >= 11 is 1.88. The van der Waals surface area contributed by atoms with E-state index in [0.29, 0.717) is 5.37 Å². The van der Waals surface area contributed by atoms with Crippen molar-refractivity contribution in [2.45, 2.75) is 25.1 Å². The monoisotopic (exact) mass is 234 g/mol. The van der Waals surface area contributed by atoms with Crippen LogP contribution in [-0.2, 0) is 0 Å². The number of nitrogens with one attached hydrogen (secondary N) is 1. The second-order valence-corrected chi connectivity index (χ2v) is 5.57. The maximum absolute atomic E-state index is 11.9. The number of aromatic nitrogens is 2. The number of thioether (sulfide) groups is 1. The molecule has 3 nitrogen and oxygen atoms in total. The third-order valence-electron chi connectivity index (χ3n) is 3.07. The smallest absolute Gasteiger partial charge is 0.306 e. The lowest BCUT2D eigenvalue weighted by Crippen LogP contribution is -2.18. The van der Waals surface area contributed by atoms with Crippen LogP contribution in [0.2, 0.25) is 0 Å². The Morgan fingerprint density at radius 2 is 2.38 bits per heavy atom. The van der Waals surface area contributed by atoms with Gasteiger partial charge in [-0.1, -0.05) is 6.07 Å². The highest BCUT2D eigenvalue weighted by Crippen LogP contribution is 2.36. The second kappa shape index (κ2) is 3.70. The fourth-order valence-corrected chi connectivity index (χ4v) is 3.58. The van der Waals surface area contributed by atoms with Gasteiger partial charge in [-0.3, -0.25) is 4.57 Å². The minimum absolute atomic E-state index is 0.0278. The molecule has 3 rings (SSSR count). The first-order valence-electron chi connectivity index (χ1n) is 5.58. The van der Waals surface area contributed by atoms with Crippen molar-refractivity contribution in [2.24, 2.45) is 0 Å². The molecule has 4 heteroatoms. The van der Waals surface area contributed by atoms with Gasteiger partial charge in [0.1, 0.15) is 0 Å². The van der Waals surface area contributed by atoms with Crippen LogP contribution in [0.3, 0.4) is 0 Å². The lowest BCUT2D eigenvalue weighted by molar-refractivity contribution is 0.641. The maximum Gasteiger partial charge on any atom is 0.327 e. The molecular weight excluding hydrogens is 220 g/mol. The normalized spacial score (nSPS) is 20.7. The van der Waals surface area contributed by atoms with E-state index in [1.165, 1.54) is 12.0 Å². The molecule has 1 saturated heterocycles. The number of rotatable bonds is 1. The average Bonchev–Trinajstić information content (AvgIpc) is 2.83. The minimum Gasteiger partial charge on any atom is -0.306 e. The number of hydrogen-bond donors (Lipinski definition) is 1. The van der Waals surface area contributed by atoms with Gasteiger partial charge in [0.25, 0.3) is 0 Å². The zero-order chi connectivity index (χ0) is 11.1. The van der Waals surface area contributed by atoms with Gasteiger partial charge < -0.3 is 4.98 Å². The Morgan fingerprint density at radius 3 is 3.12 bits per heavy atom. The van der Waals surface area contributed by atoms with E-state index in [-0.39, 0.29) is 5.69 Å². The van der Waals surface area contributed by atoms with Gasteiger partial charge in [0.2, 0.25) is 0 Å². The molecule has 1 unspecified atom stereocenters. The van der Waals surface area contributed by atoms with Crippen molar-refractivity contribution in [3.8, 4) is 0 Å². The number of benzene rings is 1. The molecule has 1 aliphatic heterocycles. The largest absolute Gasteiger partial charge is 0.327 e. The molecule has 2 aromatic rings. The number of imidazole rings is 1. The summed E-state index contributed by atoms with van der Waals surface area (Å²) < 4.78 is 1.92. The molecule has 0 aliphatic carbocycles. The molecule has 1 aromatic heterocycles. The highest BCUT2D eigenvalue weighted by atomic mass is 32.2. The van der Waals surface area contributed by atoms with E-state index in [9.17, 15) is 4.79 Å². The van der Waals surface area contributed by atoms with Crippen LogP contribution in [0.4, 0.5) is 0 Å². The topological polar surface area (TPSA) is 37.8 Å². The van der Waals surface area contributed by atoms with E-state index in [4.69, 9.17) is 0 Å². The van der Waals surface area contributed by atoms with Gasteiger partial charge in [-0.15, -0.1) is 11.8 Å². The van der Waals surface area contributed by atoms with Crippen molar-refractivity contribution < 1.29 is 0 Å². The third kappa shape index (κ3) is 1.48. The van der Waals surface area contributed by atoms with Gasteiger partial charge in [-0.2, -0.15) is 0 Å². The lowest BCUT2D eigenvalue weighted by Gasteiger charge is -2.10. The molecule has 0 amide bonds. The van der Waals surface area contributed by atoms with Crippen LogP contribution in [0.15, 0.2) is 23.0 Å². The first-order valence-corrected chi connectivity index (χ1v) is 6.63. The van der Waals surface area contributed by atoms with Crippen LogP contribution < -0.4 is 5.69 Å². The van der Waals surface area contributed by atoms with Crippen LogP contribution in [-0.4, -0.2) is 15.3 Å². The van der Waals surface area contributed by atoms with Gasteiger partial charge in [0, 0.05) is 0 Å². The summed E-state index contributed by atoms with van der Waals surface area (Å²) in [5.41, 5.74) is 3.22. The molecule has 1 fully saturated rings. The van der Waals surface area contributed by atoms with Crippen molar-refractivity contribution in [3.05, 3.63) is 34.2 Å². The van der Waals surface area contributed by atoms with Crippen LogP contribution in [0, 0.1) is 6.92 Å². The van der Waals surface area contributed by atoms with E-state index >= 15 is 0 Å². The van der Waals surface area contributed by atoms with Crippen molar-refractivity contribution in [3.63, 3.8) is 0 Å². The molecule has 0 saturated carbocycles. The lowest BCUT2D eigenvalue weighted by atomic mass is 10.2. The molecule has 0 bridgehead atoms. The standard InChI is InChI=1S/C12H14N2OS/c1-8-4-5-9-10(7-8)14(12(15)13-9)11-3-2-6-16-11/h4-5,7,11H,2-3,6H2,1H3,(H,13,15). The maximum atomic E-state index is 11.9. The summed E-state index contributed by atoms with van der Waals surface area (Å²) in [5, 5.41) is 0.322. The number of nitrogens with zero attached hydrogens (tertiary/aromatic N) is 1. The molecule has 2 heterocycles. The van der Waals surface area contributed by atoms with Gasteiger partial charge in [-0.25, -0.2) is 4.79 Å². The minimum atomic E-state index is 0.0278. The summed E-state index contributed by atoms with van der Waals surface area (Å²) in [6, 6.07) is 6.11. The zero-order valence-electron chi connectivity index (χ0n) is 9.19. The molecule has 1 atom stereocenters. The molecule has 1 aromatic carbocycles. The summed E-state index contributed by atoms with van der Waals surface area (Å²) in [4.78, 5) is 14.9. The predicted octanol–water partition coefficient (Wildman–Crippen LogP) is 2.66. The Balaban J connectivity index is 2.25.